The highest BCUT2D eigenvalue weighted by Crippen LogP contribution is 2.28. The molecule has 0 amide bonds. The number of hydrogen-bond acceptors (Lipinski definition) is 2. The van der Waals surface area contributed by atoms with E-state index in [0.29, 0.717) is 6.04 Å². The molecule has 3 heteroatoms. The third kappa shape index (κ3) is 4.54. The molecule has 0 radical (unpaired) electrons. The zero-order chi connectivity index (χ0) is 15.2. The Morgan fingerprint density at radius 3 is 2.81 bits per heavy atom. The smallest absolute Gasteiger partial charge is 0.0332 e. The van der Waals surface area contributed by atoms with Gasteiger partial charge in [0.05, 0.1) is 0 Å². The number of rotatable bonds is 7. The van der Waals surface area contributed by atoms with Crippen molar-refractivity contribution >= 4 is 15.9 Å². The Balaban J connectivity index is 2.00. The number of halogens is 1. The summed E-state index contributed by atoms with van der Waals surface area (Å²) >= 11 is 3.59. The van der Waals surface area contributed by atoms with Crippen LogP contribution in [0.1, 0.15) is 58.1 Å². The van der Waals surface area contributed by atoms with Crippen molar-refractivity contribution in [1.82, 2.24) is 10.2 Å². The van der Waals surface area contributed by atoms with E-state index in [4.69, 9.17) is 0 Å². The lowest BCUT2D eigenvalue weighted by atomic mass is 10.0. The predicted octanol–water partition coefficient (Wildman–Crippen LogP) is 4.75. The number of nitrogens with one attached hydrogen (secondary N) is 1. The fourth-order valence-corrected chi connectivity index (χ4v) is 4.02. The van der Waals surface area contributed by atoms with E-state index in [2.05, 4.69) is 71.2 Å². The Labute approximate surface area is 138 Å². The van der Waals surface area contributed by atoms with Crippen LogP contribution in [0.2, 0.25) is 0 Å². The Bertz CT molecular complexity index is 435. The van der Waals surface area contributed by atoms with E-state index in [1.165, 1.54) is 42.3 Å². The maximum atomic E-state index is 3.65. The maximum absolute atomic E-state index is 3.65. The summed E-state index contributed by atoms with van der Waals surface area (Å²) in [5.74, 6) is 0. The van der Waals surface area contributed by atoms with Crippen molar-refractivity contribution in [2.24, 2.45) is 0 Å². The minimum absolute atomic E-state index is 0.456. The minimum atomic E-state index is 0.456. The lowest BCUT2D eigenvalue weighted by molar-refractivity contribution is 0.188. The van der Waals surface area contributed by atoms with Crippen LogP contribution in [0.15, 0.2) is 28.7 Å². The molecule has 1 fully saturated rings. The quantitative estimate of drug-likeness (QED) is 0.761. The summed E-state index contributed by atoms with van der Waals surface area (Å²) in [6.07, 6.45) is 5.21. The molecule has 1 aliphatic heterocycles. The second-order valence-corrected chi connectivity index (χ2v) is 7.10. The van der Waals surface area contributed by atoms with Crippen molar-refractivity contribution in [3.05, 3.63) is 34.3 Å². The van der Waals surface area contributed by atoms with E-state index < -0.39 is 0 Å². The zero-order valence-corrected chi connectivity index (χ0v) is 15.2. The molecule has 2 rings (SSSR count). The van der Waals surface area contributed by atoms with Gasteiger partial charge in [-0.15, -0.1) is 0 Å². The Morgan fingerprint density at radius 1 is 1.33 bits per heavy atom. The standard InChI is InChI=1S/C18H29BrN2/c1-4-17-10-9-14(3)21(17)12-11-18(20-5-2)15-7-6-8-16(19)13-15/h6-8,13-14,17-18,20H,4-5,9-12H2,1-3H3. The van der Waals surface area contributed by atoms with Crippen LogP contribution in [0.5, 0.6) is 0 Å². The monoisotopic (exact) mass is 352 g/mol. The van der Waals surface area contributed by atoms with Crippen molar-refractivity contribution in [3.8, 4) is 0 Å². The van der Waals surface area contributed by atoms with Gasteiger partial charge in [0, 0.05) is 29.1 Å². The van der Waals surface area contributed by atoms with Crippen molar-refractivity contribution in [2.75, 3.05) is 13.1 Å². The average molecular weight is 353 g/mol. The first-order chi connectivity index (χ1) is 10.2. The highest BCUT2D eigenvalue weighted by molar-refractivity contribution is 9.10. The highest BCUT2D eigenvalue weighted by atomic mass is 79.9. The van der Waals surface area contributed by atoms with Crippen LogP contribution in [0.3, 0.4) is 0 Å². The number of nitrogens with zero attached hydrogens (tertiary/aromatic N) is 1. The topological polar surface area (TPSA) is 15.3 Å². The predicted molar refractivity (Wildman–Crippen MR) is 94.7 cm³/mol. The van der Waals surface area contributed by atoms with E-state index in [-0.39, 0.29) is 0 Å². The lowest BCUT2D eigenvalue weighted by Crippen LogP contribution is -2.37. The molecule has 1 heterocycles. The molecule has 0 aromatic heterocycles. The molecular formula is C18H29BrN2. The fourth-order valence-electron chi connectivity index (χ4n) is 3.60. The normalized spacial score (nSPS) is 24.4. The van der Waals surface area contributed by atoms with Gasteiger partial charge in [-0.2, -0.15) is 0 Å². The SMILES string of the molecule is CCNC(CCN1C(C)CCC1CC)c1cccc(Br)c1. The van der Waals surface area contributed by atoms with Gasteiger partial charge in [-0.25, -0.2) is 0 Å². The van der Waals surface area contributed by atoms with Crippen LogP contribution >= 0.6 is 15.9 Å². The second kappa shape index (κ2) is 8.30. The van der Waals surface area contributed by atoms with E-state index in [9.17, 15) is 0 Å². The molecule has 1 aromatic carbocycles. The fraction of sp³-hybridized carbons (Fsp3) is 0.667. The van der Waals surface area contributed by atoms with Gasteiger partial charge < -0.3 is 5.32 Å². The molecule has 1 N–H and O–H groups in total. The molecule has 3 unspecified atom stereocenters. The number of likely N-dealkylation sites (tertiary alicyclic amines) is 1. The van der Waals surface area contributed by atoms with Gasteiger partial charge >= 0.3 is 0 Å². The molecule has 2 nitrogen and oxygen atoms in total. The maximum Gasteiger partial charge on any atom is 0.0332 e. The Kier molecular flexibility index (Phi) is 6.72. The number of hydrogen-bond donors (Lipinski definition) is 1. The van der Waals surface area contributed by atoms with Gasteiger partial charge in [-0.1, -0.05) is 41.9 Å². The Hall–Kier alpha value is -0.380. The molecule has 0 saturated carbocycles. The Morgan fingerprint density at radius 2 is 2.14 bits per heavy atom. The van der Waals surface area contributed by atoms with Crippen molar-refractivity contribution in [2.45, 2.75) is 64.6 Å². The summed E-state index contributed by atoms with van der Waals surface area (Å²) in [5.41, 5.74) is 1.39. The van der Waals surface area contributed by atoms with Gasteiger partial charge in [0.1, 0.15) is 0 Å². The zero-order valence-electron chi connectivity index (χ0n) is 13.6. The molecule has 1 saturated heterocycles. The van der Waals surface area contributed by atoms with E-state index >= 15 is 0 Å². The van der Waals surface area contributed by atoms with E-state index in [0.717, 1.165) is 18.6 Å². The third-order valence-corrected chi connectivity index (χ3v) is 5.29. The van der Waals surface area contributed by atoms with Crippen LogP contribution in [0.4, 0.5) is 0 Å². The third-order valence-electron chi connectivity index (χ3n) is 4.80. The van der Waals surface area contributed by atoms with Gasteiger partial charge in [-0.05, 0) is 56.8 Å². The molecule has 3 atom stereocenters. The van der Waals surface area contributed by atoms with Crippen LogP contribution in [0.25, 0.3) is 0 Å². The molecule has 118 valence electrons. The first kappa shape index (κ1) is 17.0. The molecule has 21 heavy (non-hydrogen) atoms. The summed E-state index contributed by atoms with van der Waals surface area (Å²) in [6, 6.07) is 10.7. The van der Waals surface area contributed by atoms with Gasteiger partial charge in [0.25, 0.3) is 0 Å². The minimum Gasteiger partial charge on any atom is -0.310 e. The highest BCUT2D eigenvalue weighted by Gasteiger charge is 2.29. The van der Waals surface area contributed by atoms with Crippen LogP contribution in [-0.2, 0) is 0 Å². The molecule has 0 bridgehead atoms. The first-order valence-corrected chi connectivity index (χ1v) is 9.19. The van der Waals surface area contributed by atoms with Crippen molar-refractivity contribution in [3.63, 3.8) is 0 Å². The van der Waals surface area contributed by atoms with Crippen LogP contribution < -0.4 is 5.32 Å². The van der Waals surface area contributed by atoms with Crippen molar-refractivity contribution < 1.29 is 0 Å². The van der Waals surface area contributed by atoms with Crippen molar-refractivity contribution in [1.29, 1.82) is 0 Å². The van der Waals surface area contributed by atoms with Gasteiger partial charge in [-0.3, -0.25) is 4.90 Å². The number of benzene rings is 1. The molecule has 0 spiro atoms. The van der Waals surface area contributed by atoms with Gasteiger partial charge in [0.2, 0.25) is 0 Å². The molecule has 1 aromatic rings. The van der Waals surface area contributed by atoms with Crippen LogP contribution in [-0.4, -0.2) is 30.1 Å². The summed E-state index contributed by atoms with van der Waals surface area (Å²) in [6.45, 7) is 9.12. The second-order valence-electron chi connectivity index (χ2n) is 6.18. The first-order valence-electron chi connectivity index (χ1n) is 8.40. The summed E-state index contributed by atoms with van der Waals surface area (Å²) in [5, 5.41) is 3.65. The van der Waals surface area contributed by atoms with E-state index in [1.807, 2.05) is 0 Å². The summed E-state index contributed by atoms with van der Waals surface area (Å²) < 4.78 is 1.17. The molecular weight excluding hydrogens is 324 g/mol. The molecule has 0 aliphatic carbocycles. The summed E-state index contributed by atoms with van der Waals surface area (Å²) in [7, 11) is 0. The average Bonchev–Trinajstić information content (AvgIpc) is 2.84. The largest absolute Gasteiger partial charge is 0.310 e. The lowest BCUT2D eigenvalue weighted by Gasteiger charge is -2.30. The summed E-state index contributed by atoms with van der Waals surface area (Å²) in [4.78, 5) is 2.72. The molecule has 1 aliphatic rings. The van der Waals surface area contributed by atoms with E-state index in [1.54, 1.807) is 0 Å². The van der Waals surface area contributed by atoms with Crippen LogP contribution in [0, 0.1) is 0 Å². The van der Waals surface area contributed by atoms with Gasteiger partial charge in [0.15, 0.2) is 0 Å².